The highest BCUT2D eigenvalue weighted by Crippen LogP contribution is 2.11. The third kappa shape index (κ3) is 9.86. The van der Waals surface area contributed by atoms with E-state index in [0.29, 0.717) is 43.9 Å². The molecule has 0 aliphatic carbocycles. The minimum atomic E-state index is -0.821. The van der Waals surface area contributed by atoms with E-state index in [9.17, 15) is 14.4 Å². The lowest BCUT2D eigenvalue weighted by Crippen LogP contribution is -2.39. The van der Waals surface area contributed by atoms with Gasteiger partial charge in [0.1, 0.15) is 12.6 Å². The first-order valence-corrected chi connectivity index (χ1v) is 12.1. The van der Waals surface area contributed by atoms with Gasteiger partial charge in [-0.05, 0) is 37.0 Å². The molecule has 1 amide bonds. The van der Waals surface area contributed by atoms with Crippen LogP contribution in [0.15, 0.2) is 72.9 Å². The lowest BCUT2D eigenvalue weighted by atomic mass is 10.1. The molecule has 0 spiro atoms. The van der Waals surface area contributed by atoms with Crippen LogP contribution in [0.1, 0.15) is 35.2 Å². The summed E-state index contributed by atoms with van der Waals surface area (Å²) in [5, 5.41) is 5.66. The van der Waals surface area contributed by atoms with Crippen molar-refractivity contribution >= 4 is 23.8 Å². The number of rotatable bonds is 15. The first-order chi connectivity index (χ1) is 18.5. The maximum Gasteiger partial charge on any atom is 0.356 e. The van der Waals surface area contributed by atoms with E-state index >= 15 is 0 Å². The molecule has 0 saturated carbocycles. The molecule has 1 atom stereocenters. The van der Waals surface area contributed by atoms with Crippen molar-refractivity contribution in [1.29, 1.82) is 0 Å². The second kappa shape index (κ2) is 15.6. The average Bonchev–Trinajstić information content (AvgIpc) is 2.97. The molecule has 3 N–H and O–H groups in total. The molecule has 1 heterocycles. The summed E-state index contributed by atoms with van der Waals surface area (Å²) in [6.07, 6.45) is 3.09. The molecule has 0 saturated heterocycles. The number of nitrogens with one attached hydrogen (secondary N) is 3. The van der Waals surface area contributed by atoms with E-state index in [0.717, 1.165) is 5.56 Å². The number of carbonyl (C=O) groups is 3. The van der Waals surface area contributed by atoms with Gasteiger partial charge in [-0.25, -0.2) is 9.78 Å². The number of nitrogens with zero attached hydrogens (tertiary/aromatic N) is 2. The van der Waals surface area contributed by atoms with Crippen LogP contribution in [0.3, 0.4) is 0 Å². The number of hydroxylamine groups is 1. The molecular formula is C27H31N5O6. The molecule has 11 nitrogen and oxygen atoms in total. The SMILES string of the molecule is COC(=O)C(CCCCNC(=O)CNc1nccc(OCc2ccccc2)n1)NOC(=O)c1ccccc1. The van der Waals surface area contributed by atoms with Crippen LogP contribution < -0.4 is 20.9 Å². The van der Waals surface area contributed by atoms with Crippen LogP contribution in [-0.2, 0) is 25.8 Å². The monoisotopic (exact) mass is 521 g/mol. The lowest BCUT2D eigenvalue weighted by Gasteiger charge is -2.16. The van der Waals surface area contributed by atoms with E-state index in [1.54, 1.807) is 42.6 Å². The number of carbonyl (C=O) groups excluding carboxylic acids is 3. The van der Waals surface area contributed by atoms with Crippen molar-refractivity contribution < 1.29 is 28.7 Å². The topological polar surface area (TPSA) is 141 Å². The predicted octanol–water partition coefficient (Wildman–Crippen LogP) is 2.66. The highest BCUT2D eigenvalue weighted by Gasteiger charge is 2.21. The Hall–Kier alpha value is -4.51. The molecule has 200 valence electrons. The molecule has 3 rings (SSSR count). The molecule has 11 heteroatoms. The van der Waals surface area contributed by atoms with Crippen LogP contribution in [-0.4, -0.2) is 54.1 Å². The zero-order valence-electron chi connectivity index (χ0n) is 21.1. The average molecular weight is 522 g/mol. The van der Waals surface area contributed by atoms with Crippen LogP contribution >= 0.6 is 0 Å². The third-order valence-corrected chi connectivity index (χ3v) is 5.30. The Kier molecular flexibility index (Phi) is 11.5. The fraction of sp³-hybridized carbons (Fsp3) is 0.296. The van der Waals surface area contributed by atoms with Crippen LogP contribution in [0.25, 0.3) is 0 Å². The van der Waals surface area contributed by atoms with Crippen molar-refractivity contribution in [3.05, 3.63) is 84.1 Å². The second-order valence-corrected chi connectivity index (χ2v) is 8.14. The van der Waals surface area contributed by atoms with Gasteiger partial charge in [0.25, 0.3) is 0 Å². The number of benzene rings is 2. The van der Waals surface area contributed by atoms with Crippen molar-refractivity contribution in [1.82, 2.24) is 20.8 Å². The zero-order chi connectivity index (χ0) is 27.0. The second-order valence-electron chi connectivity index (χ2n) is 8.14. The Bertz CT molecular complexity index is 1160. The van der Waals surface area contributed by atoms with E-state index in [1.807, 2.05) is 30.3 Å². The van der Waals surface area contributed by atoms with E-state index < -0.39 is 18.0 Å². The molecular weight excluding hydrogens is 490 g/mol. The number of unbranched alkanes of at least 4 members (excludes halogenated alkanes) is 1. The van der Waals surface area contributed by atoms with Crippen LogP contribution in [0.5, 0.6) is 5.88 Å². The Balaban J connectivity index is 1.32. The molecule has 0 fully saturated rings. The van der Waals surface area contributed by atoms with Crippen LogP contribution in [0.4, 0.5) is 5.95 Å². The van der Waals surface area contributed by atoms with Gasteiger partial charge in [-0.3, -0.25) is 9.59 Å². The van der Waals surface area contributed by atoms with Gasteiger partial charge in [0, 0.05) is 18.8 Å². The normalized spacial score (nSPS) is 11.2. The van der Waals surface area contributed by atoms with Gasteiger partial charge in [0.15, 0.2) is 0 Å². The number of esters is 1. The van der Waals surface area contributed by atoms with E-state index in [4.69, 9.17) is 14.3 Å². The van der Waals surface area contributed by atoms with E-state index in [-0.39, 0.29) is 18.4 Å². The molecule has 0 bridgehead atoms. The summed E-state index contributed by atoms with van der Waals surface area (Å²) in [6, 6.07) is 19.0. The lowest BCUT2D eigenvalue weighted by molar-refractivity contribution is -0.146. The third-order valence-electron chi connectivity index (χ3n) is 5.30. The predicted molar refractivity (Wildman–Crippen MR) is 139 cm³/mol. The summed E-state index contributed by atoms with van der Waals surface area (Å²) < 4.78 is 10.4. The number of hydrogen-bond acceptors (Lipinski definition) is 10. The number of amides is 1. The molecule has 0 radical (unpaired) electrons. The first kappa shape index (κ1) is 28.1. The molecule has 3 aromatic rings. The summed E-state index contributed by atoms with van der Waals surface area (Å²) in [5.41, 5.74) is 3.86. The summed E-state index contributed by atoms with van der Waals surface area (Å²) in [6.45, 7) is 0.767. The molecule has 2 aromatic carbocycles. The summed E-state index contributed by atoms with van der Waals surface area (Å²) in [4.78, 5) is 49.7. The van der Waals surface area contributed by atoms with Crippen molar-refractivity contribution in [2.45, 2.75) is 31.9 Å². The van der Waals surface area contributed by atoms with Crippen molar-refractivity contribution in [2.24, 2.45) is 0 Å². The van der Waals surface area contributed by atoms with Gasteiger partial charge in [-0.2, -0.15) is 4.98 Å². The molecule has 0 aliphatic heterocycles. The van der Waals surface area contributed by atoms with Crippen molar-refractivity contribution in [3.8, 4) is 5.88 Å². The van der Waals surface area contributed by atoms with Crippen molar-refractivity contribution in [3.63, 3.8) is 0 Å². The van der Waals surface area contributed by atoms with Gasteiger partial charge in [-0.1, -0.05) is 48.5 Å². The van der Waals surface area contributed by atoms with Gasteiger partial charge in [0.05, 0.1) is 19.2 Å². The molecule has 0 aliphatic rings. The van der Waals surface area contributed by atoms with E-state index in [2.05, 4.69) is 26.1 Å². The first-order valence-electron chi connectivity index (χ1n) is 12.1. The number of hydrogen-bond donors (Lipinski definition) is 3. The smallest absolute Gasteiger partial charge is 0.356 e. The quantitative estimate of drug-likeness (QED) is 0.155. The largest absolute Gasteiger partial charge is 0.473 e. The van der Waals surface area contributed by atoms with Gasteiger partial charge < -0.3 is 24.9 Å². The summed E-state index contributed by atoms with van der Waals surface area (Å²) >= 11 is 0. The summed E-state index contributed by atoms with van der Waals surface area (Å²) in [5.74, 6) is -0.702. The van der Waals surface area contributed by atoms with E-state index in [1.165, 1.54) is 7.11 Å². The van der Waals surface area contributed by atoms with Crippen LogP contribution in [0.2, 0.25) is 0 Å². The maximum atomic E-state index is 12.2. The Labute approximate surface area is 220 Å². The minimum absolute atomic E-state index is 0.0100. The maximum absolute atomic E-state index is 12.2. The Morgan fingerprint density at radius 3 is 2.42 bits per heavy atom. The highest BCUT2D eigenvalue weighted by atomic mass is 16.7. The standard InChI is InChI=1S/C27H31N5O6/c1-36-26(35)22(32-38-25(34)21-12-6-3-7-13-21)14-8-9-16-28-23(33)18-30-27-29-17-15-24(31-27)37-19-20-10-4-2-5-11-20/h2-7,10-13,15,17,22,32H,8-9,14,16,18-19H2,1H3,(H,28,33)(H,29,30,31). The van der Waals surface area contributed by atoms with Gasteiger partial charge >= 0.3 is 11.9 Å². The van der Waals surface area contributed by atoms with Crippen LogP contribution in [0, 0.1) is 0 Å². The Morgan fingerprint density at radius 2 is 1.68 bits per heavy atom. The zero-order valence-corrected chi connectivity index (χ0v) is 21.1. The van der Waals surface area contributed by atoms with Gasteiger partial charge in [-0.15, -0.1) is 5.48 Å². The molecule has 1 aromatic heterocycles. The number of ether oxygens (including phenoxy) is 2. The number of methoxy groups -OCH3 is 1. The number of anilines is 1. The van der Waals surface area contributed by atoms with Crippen molar-refractivity contribution in [2.75, 3.05) is 25.5 Å². The molecule has 38 heavy (non-hydrogen) atoms. The fourth-order valence-corrected chi connectivity index (χ4v) is 3.29. The molecule has 1 unspecified atom stereocenters. The highest BCUT2D eigenvalue weighted by molar-refractivity contribution is 5.89. The van der Waals surface area contributed by atoms with Gasteiger partial charge in [0.2, 0.25) is 17.7 Å². The summed E-state index contributed by atoms with van der Waals surface area (Å²) in [7, 11) is 1.26. The number of aromatic nitrogens is 2. The Morgan fingerprint density at radius 1 is 0.947 bits per heavy atom. The fourth-order valence-electron chi connectivity index (χ4n) is 3.29. The minimum Gasteiger partial charge on any atom is -0.473 e.